The Morgan fingerprint density at radius 3 is 2.84 bits per heavy atom. The van der Waals surface area contributed by atoms with Gasteiger partial charge < -0.3 is 0 Å². The molecule has 0 amide bonds. The Morgan fingerprint density at radius 2 is 2.00 bits per heavy atom. The molecule has 0 N–H and O–H groups in total. The van der Waals surface area contributed by atoms with E-state index in [-0.39, 0.29) is 0 Å². The molecule has 4 rings (SSSR count). The summed E-state index contributed by atoms with van der Waals surface area (Å²) in [6.45, 7) is 0. The molecular formula is C15H11BrN2S. The van der Waals surface area contributed by atoms with Crippen molar-refractivity contribution in [2.24, 2.45) is 0 Å². The van der Waals surface area contributed by atoms with Gasteiger partial charge in [-0.25, -0.2) is 4.98 Å². The highest BCUT2D eigenvalue weighted by Gasteiger charge is 2.17. The van der Waals surface area contributed by atoms with Crippen LogP contribution in [0.25, 0.3) is 22.3 Å². The second-order valence-electron chi connectivity index (χ2n) is 4.65. The maximum atomic E-state index is 4.75. The van der Waals surface area contributed by atoms with Gasteiger partial charge in [-0.1, -0.05) is 57.6 Å². The third kappa shape index (κ3) is 1.86. The first-order valence-electron chi connectivity index (χ1n) is 6.23. The lowest BCUT2D eigenvalue weighted by atomic mass is 10.1. The van der Waals surface area contributed by atoms with Crippen LogP contribution in [-0.4, -0.2) is 9.38 Å². The Hall–Kier alpha value is -1.39. The van der Waals surface area contributed by atoms with E-state index < -0.39 is 0 Å². The van der Waals surface area contributed by atoms with Crippen LogP contribution in [0.15, 0.2) is 41.0 Å². The Morgan fingerprint density at radius 1 is 1.16 bits per heavy atom. The third-order valence-corrected chi connectivity index (χ3v) is 5.08. The van der Waals surface area contributed by atoms with Crippen molar-refractivity contribution >= 4 is 38.3 Å². The van der Waals surface area contributed by atoms with Gasteiger partial charge in [-0.2, -0.15) is 0 Å². The van der Waals surface area contributed by atoms with Crippen LogP contribution in [-0.2, 0) is 6.42 Å². The highest BCUT2D eigenvalue weighted by atomic mass is 79.9. The maximum absolute atomic E-state index is 4.75. The first-order chi connectivity index (χ1) is 9.31. The number of aryl methyl sites for hydroxylation is 1. The van der Waals surface area contributed by atoms with Gasteiger partial charge in [0.2, 0.25) is 0 Å². The van der Waals surface area contributed by atoms with Gasteiger partial charge in [-0.3, -0.25) is 4.40 Å². The number of allylic oxidation sites excluding steroid dienone is 1. The van der Waals surface area contributed by atoms with Crippen LogP contribution in [0.1, 0.15) is 17.0 Å². The molecule has 3 aromatic rings. The normalized spacial score (nSPS) is 14.5. The summed E-state index contributed by atoms with van der Waals surface area (Å²) in [5.41, 5.74) is 3.63. The van der Waals surface area contributed by atoms with Crippen molar-refractivity contribution in [1.82, 2.24) is 9.38 Å². The molecule has 4 heteroatoms. The zero-order valence-electron chi connectivity index (χ0n) is 10.1. The lowest BCUT2D eigenvalue weighted by Gasteiger charge is -2.07. The predicted molar refractivity (Wildman–Crippen MR) is 83.7 cm³/mol. The zero-order chi connectivity index (χ0) is 12.8. The lowest BCUT2D eigenvalue weighted by molar-refractivity contribution is 0.907. The first kappa shape index (κ1) is 11.4. The molecule has 1 aliphatic carbocycles. The molecule has 0 atom stereocenters. The fourth-order valence-electron chi connectivity index (χ4n) is 2.46. The Labute approximate surface area is 123 Å². The Balaban J connectivity index is 1.89. The zero-order valence-corrected chi connectivity index (χ0v) is 12.5. The summed E-state index contributed by atoms with van der Waals surface area (Å²) in [5, 5.41) is 0. The van der Waals surface area contributed by atoms with E-state index in [2.05, 4.69) is 56.9 Å². The molecule has 0 unspecified atom stereocenters. The van der Waals surface area contributed by atoms with E-state index in [0.29, 0.717) is 0 Å². The fourth-order valence-corrected chi connectivity index (χ4v) is 4.16. The van der Waals surface area contributed by atoms with Crippen molar-refractivity contribution in [3.8, 4) is 11.3 Å². The van der Waals surface area contributed by atoms with Gasteiger partial charge in [0.15, 0.2) is 4.96 Å². The highest BCUT2D eigenvalue weighted by Crippen LogP contribution is 2.34. The fraction of sp³-hybridized carbons (Fsp3) is 0.133. The number of nitrogens with zero attached hydrogens (tertiary/aromatic N) is 2. The van der Waals surface area contributed by atoms with Crippen molar-refractivity contribution in [1.29, 1.82) is 0 Å². The van der Waals surface area contributed by atoms with Crippen LogP contribution in [0.2, 0.25) is 0 Å². The molecule has 94 valence electrons. The van der Waals surface area contributed by atoms with Crippen molar-refractivity contribution in [3.63, 3.8) is 0 Å². The summed E-state index contributed by atoms with van der Waals surface area (Å²) in [6.07, 6.45) is 6.54. The van der Waals surface area contributed by atoms with E-state index >= 15 is 0 Å². The maximum Gasteiger partial charge on any atom is 0.195 e. The second-order valence-corrected chi connectivity index (χ2v) is 6.68. The summed E-state index contributed by atoms with van der Waals surface area (Å²) in [4.78, 5) is 7.17. The number of benzene rings is 1. The second kappa shape index (κ2) is 4.32. The Kier molecular flexibility index (Phi) is 2.60. The van der Waals surface area contributed by atoms with Crippen molar-refractivity contribution in [2.75, 3.05) is 0 Å². The summed E-state index contributed by atoms with van der Waals surface area (Å²) >= 11 is 5.36. The number of aromatic nitrogens is 2. The molecule has 0 saturated heterocycles. The molecule has 0 bridgehead atoms. The average Bonchev–Trinajstić information content (AvgIpc) is 2.96. The molecule has 0 radical (unpaired) electrons. The highest BCUT2D eigenvalue weighted by molar-refractivity contribution is 9.11. The van der Waals surface area contributed by atoms with E-state index in [1.165, 1.54) is 20.6 Å². The first-order valence-corrected chi connectivity index (χ1v) is 7.84. The molecule has 1 aliphatic rings. The molecule has 2 nitrogen and oxygen atoms in total. The number of hydrogen-bond acceptors (Lipinski definition) is 2. The summed E-state index contributed by atoms with van der Waals surface area (Å²) in [6, 6.07) is 10.4. The molecule has 0 saturated carbocycles. The van der Waals surface area contributed by atoms with E-state index in [1.807, 2.05) is 6.07 Å². The van der Waals surface area contributed by atoms with Crippen LogP contribution in [0, 0.1) is 0 Å². The summed E-state index contributed by atoms with van der Waals surface area (Å²) in [7, 11) is 0. The van der Waals surface area contributed by atoms with Crippen LogP contribution in [0.5, 0.6) is 0 Å². The van der Waals surface area contributed by atoms with Crippen molar-refractivity contribution < 1.29 is 0 Å². The molecule has 19 heavy (non-hydrogen) atoms. The smallest absolute Gasteiger partial charge is 0.195 e. The minimum Gasteiger partial charge on any atom is -0.293 e. The molecule has 0 aliphatic heterocycles. The molecular weight excluding hydrogens is 320 g/mol. The SMILES string of the molecule is BrC1=Cc2sc3nc(-c4ccccc4)cn3c2CC1. The third-order valence-electron chi connectivity index (χ3n) is 3.41. The number of hydrogen-bond donors (Lipinski definition) is 0. The summed E-state index contributed by atoms with van der Waals surface area (Å²) in [5.74, 6) is 0. The van der Waals surface area contributed by atoms with Gasteiger partial charge in [0, 0.05) is 17.5 Å². The molecule has 1 aromatic carbocycles. The average molecular weight is 331 g/mol. The molecule has 0 fully saturated rings. The Bertz CT molecular complexity index is 783. The van der Waals surface area contributed by atoms with E-state index in [1.54, 1.807) is 11.3 Å². The van der Waals surface area contributed by atoms with E-state index in [9.17, 15) is 0 Å². The van der Waals surface area contributed by atoms with Crippen LogP contribution in [0.4, 0.5) is 0 Å². The van der Waals surface area contributed by atoms with Gasteiger partial charge in [0.25, 0.3) is 0 Å². The quantitative estimate of drug-likeness (QED) is 0.629. The van der Waals surface area contributed by atoms with Crippen LogP contribution >= 0.6 is 27.3 Å². The van der Waals surface area contributed by atoms with Crippen LogP contribution < -0.4 is 0 Å². The van der Waals surface area contributed by atoms with E-state index in [4.69, 9.17) is 4.98 Å². The van der Waals surface area contributed by atoms with E-state index in [0.717, 1.165) is 23.5 Å². The topological polar surface area (TPSA) is 17.3 Å². The molecule has 2 heterocycles. The monoisotopic (exact) mass is 330 g/mol. The van der Waals surface area contributed by atoms with Gasteiger partial charge in [-0.15, -0.1) is 0 Å². The van der Waals surface area contributed by atoms with Gasteiger partial charge >= 0.3 is 0 Å². The van der Waals surface area contributed by atoms with Crippen molar-refractivity contribution in [3.05, 3.63) is 51.6 Å². The molecule has 2 aromatic heterocycles. The molecule has 0 spiro atoms. The predicted octanol–water partition coefficient (Wildman–Crippen LogP) is 4.74. The number of imidazole rings is 1. The summed E-state index contributed by atoms with van der Waals surface area (Å²) < 4.78 is 3.53. The van der Waals surface area contributed by atoms with Crippen LogP contribution in [0.3, 0.4) is 0 Å². The minimum absolute atomic E-state index is 1.06. The van der Waals surface area contributed by atoms with Gasteiger partial charge in [0.1, 0.15) is 0 Å². The number of thiazole rings is 1. The number of rotatable bonds is 1. The lowest BCUT2D eigenvalue weighted by Crippen LogP contribution is -1.97. The van der Waals surface area contributed by atoms with Gasteiger partial charge in [0.05, 0.1) is 10.6 Å². The van der Waals surface area contributed by atoms with Crippen molar-refractivity contribution in [2.45, 2.75) is 12.8 Å². The largest absolute Gasteiger partial charge is 0.293 e. The number of halogens is 1. The minimum atomic E-state index is 1.06. The van der Waals surface area contributed by atoms with Gasteiger partial charge in [-0.05, 0) is 23.4 Å². The standard InChI is InChI=1S/C15H11BrN2S/c16-11-6-7-13-14(8-11)19-15-17-12(9-18(13)15)10-4-2-1-3-5-10/h1-5,8-9H,6-7H2. The number of fused-ring (bicyclic) bond motifs is 3.